The lowest BCUT2D eigenvalue weighted by atomic mass is 10.0. The molecule has 2 aromatic rings. The van der Waals surface area contributed by atoms with Gasteiger partial charge < -0.3 is 10.3 Å². The highest BCUT2D eigenvalue weighted by Crippen LogP contribution is 2.16. The second-order valence-electron chi connectivity index (χ2n) is 4.15. The van der Waals surface area contributed by atoms with Gasteiger partial charge in [-0.2, -0.15) is 0 Å². The molecule has 90 valence electrons. The van der Waals surface area contributed by atoms with Crippen LogP contribution in [0, 0.1) is 5.82 Å². The van der Waals surface area contributed by atoms with E-state index in [-0.39, 0.29) is 11.9 Å². The number of halogens is 1. The molecule has 17 heavy (non-hydrogen) atoms. The summed E-state index contributed by atoms with van der Waals surface area (Å²) in [6, 6.07) is 6.27. The summed E-state index contributed by atoms with van der Waals surface area (Å²) in [5, 5.41) is 0. The Bertz CT molecular complexity index is 476. The Balaban J connectivity index is 1.95. The van der Waals surface area contributed by atoms with Crippen molar-refractivity contribution < 1.29 is 4.39 Å². The fourth-order valence-electron chi connectivity index (χ4n) is 1.80. The molecule has 0 saturated carbocycles. The van der Waals surface area contributed by atoms with E-state index in [9.17, 15) is 4.39 Å². The normalized spacial score (nSPS) is 12.6. The van der Waals surface area contributed by atoms with Crippen LogP contribution < -0.4 is 5.73 Å². The van der Waals surface area contributed by atoms with Crippen LogP contribution in [0.15, 0.2) is 36.7 Å². The summed E-state index contributed by atoms with van der Waals surface area (Å²) in [6.07, 6.45) is 5.32. The quantitative estimate of drug-likeness (QED) is 0.879. The smallest absolute Gasteiger partial charge is 0.123 e. The molecule has 0 saturated heterocycles. The van der Waals surface area contributed by atoms with Gasteiger partial charge in [0.05, 0.1) is 0 Å². The van der Waals surface area contributed by atoms with E-state index in [1.807, 2.05) is 17.8 Å². The van der Waals surface area contributed by atoms with Gasteiger partial charge in [-0.1, -0.05) is 12.1 Å². The zero-order valence-corrected chi connectivity index (χ0v) is 9.81. The van der Waals surface area contributed by atoms with Crippen LogP contribution >= 0.6 is 0 Å². The maximum Gasteiger partial charge on any atom is 0.123 e. The molecular formula is C13H16FN3. The van der Waals surface area contributed by atoms with E-state index in [4.69, 9.17) is 5.73 Å². The second-order valence-corrected chi connectivity index (χ2v) is 4.15. The molecule has 0 bridgehead atoms. The van der Waals surface area contributed by atoms with Gasteiger partial charge >= 0.3 is 0 Å². The van der Waals surface area contributed by atoms with Crippen molar-refractivity contribution in [1.82, 2.24) is 9.55 Å². The van der Waals surface area contributed by atoms with Crippen LogP contribution in [0.5, 0.6) is 0 Å². The van der Waals surface area contributed by atoms with E-state index < -0.39 is 0 Å². The number of hydrogen-bond donors (Lipinski definition) is 1. The molecule has 2 rings (SSSR count). The number of benzene rings is 1. The predicted molar refractivity (Wildman–Crippen MR) is 64.9 cm³/mol. The summed E-state index contributed by atoms with van der Waals surface area (Å²) >= 11 is 0. The van der Waals surface area contributed by atoms with Crippen molar-refractivity contribution in [3.63, 3.8) is 0 Å². The maximum absolute atomic E-state index is 12.8. The van der Waals surface area contributed by atoms with Crippen molar-refractivity contribution in [2.24, 2.45) is 12.8 Å². The largest absolute Gasteiger partial charge is 0.338 e. The van der Waals surface area contributed by atoms with Gasteiger partial charge in [0.2, 0.25) is 0 Å². The van der Waals surface area contributed by atoms with Gasteiger partial charge in [-0.3, -0.25) is 0 Å². The van der Waals surface area contributed by atoms with E-state index in [0.717, 1.165) is 24.2 Å². The van der Waals surface area contributed by atoms with Gasteiger partial charge in [-0.15, -0.1) is 0 Å². The lowest BCUT2D eigenvalue weighted by Crippen LogP contribution is -2.12. The number of aryl methyl sites for hydroxylation is 2. The van der Waals surface area contributed by atoms with Crippen molar-refractivity contribution in [1.29, 1.82) is 0 Å². The number of nitrogens with zero attached hydrogens (tertiary/aromatic N) is 2. The molecule has 1 aromatic heterocycles. The monoisotopic (exact) mass is 233 g/mol. The van der Waals surface area contributed by atoms with Crippen molar-refractivity contribution >= 4 is 0 Å². The molecule has 1 atom stereocenters. The van der Waals surface area contributed by atoms with E-state index in [1.165, 1.54) is 12.1 Å². The van der Waals surface area contributed by atoms with Crippen LogP contribution in [-0.2, 0) is 13.5 Å². The van der Waals surface area contributed by atoms with Gasteiger partial charge in [-0.25, -0.2) is 9.37 Å². The van der Waals surface area contributed by atoms with Gasteiger partial charge in [0.15, 0.2) is 0 Å². The predicted octanol–water partition coefficient (Wildman–Crippen LogP) is 2.19. The van der Waals surface area contributed by atoms with Crippen molar-refractivity contribution in [3.05, 3.63) is 53.9 Å². The van der Waals surface area contributed by atoms with Gasteiger partial charge in [-0.05, 0) is 24.1 Å². The number of hydrogen-bond acceptors (Lipinski definition) is 2. The molecular weight excluding hydrogens is 217 g/mol. The summed E-state index contributed by atoms with van der Waals surface area (Å²) in [6.45, 7) is 0. The van der Waals surface area contributed by atoms with E-state index in [0.29, 0.717) is 0 Å². The summed E-state index contributed by atoms with van der Waals surface area (Å²) < 4.78 is 14.7. The molecule has 0 aliphatic heterocycles. The van der Waals surface area contributed by atoms with Crippen LogP contribution in [0.2, 0.25) is 0 Å². The molecule has 3 nitrogen and oxygen atoms in total. The minimum Gasteiger partial charge on any atom is -0.338 e. The first-order chi connectivity index (χ1) is 8.16. The average Bonchev–Trinajstić information content (AvgIpc) is 2.73. The molecule has 0 radical (unpaired) electrons. The Morgan fingerprint density at radius 1 is 1.35 bits per heavy atom. The first kappa shape index (κ1) is 11.8. The Kier molecular flexibility index (Phi) is 3.54. The molecule has 1 aromatic carbocycles. The highest BCUT2D eigenvalue weighted by molar-refractivity contribution is 5.19. The Labute approximate surface area is 100 Å². The zero-order chi connectivity index (χ0) is 12.3. The van der Waals surface area contributed by atoms with E-state index in [1.54, 1.807) is 18.3 Å². The standard InChI is InChI=1S/C13H16FN3/c1-17-9-8-16-13(17)7-6-12(15)10-2-4-11(14)5-3-10/h2-5,8-9,12H,6-7,15H2,1H3. The second kappa shape index (κ2) is 5.10. The number of rotatable bonds is 4. The van der Waals surface area contributed by atoms with E-state index >= 15 is 0 Å². The third-order valence-corrected chi connectivity index (χ3v) is 2.90. The summed E-state index contributed by atoms with van der Waals surface area (Å²) in [4.78, 5) is 4.24. The molecule has 0 fully saturated rings. The Morgan fingerprint density at radius 2 is 2.06 bits per heavy atom. The zero-order valence-electron chi connectivity index (χ0n) is 9.81. The van der Waals surface area contributed by atoms with Crippen LogP contribution in [0.1, 0.15) is 23.9 Å². The molecule has 0 aliphatic carbocycles. The van der Waals surface area contributed by atoms with Crippen LogP contribution in [-0.4, -0.2) is 9.55 Å². The lowest BCUT2D eigenvalue weighted by Gasteiger charge is -2.11. The molecule has 1 unspecified atom stereocenters. The Morgan fingerprint density at radius 3 is 2.65 bits per heavy atom. The fourth-order valence-corrected chi connectivity index (χ4v) is 1.80. The van der Waals surface area contributed by atoms with Crippen molar-refractivity contribution in [2.75, 3.05) is 0 Å². The summed E-state index contributed by atoms with van der Waals surface area (Å²) in [5.74, 6) is 0.785. The van der Waals surface area contributed by atoms with Crippen LogP contribution in [0.3, 0.4) is 0 Å². The molecule has 1 heterocycles. The summed E-state index contributed by atoms with van der Waals surface area (Å²) in [5.41, 5.74) is 7.01. The SMILES string of the molecule is Cn1ccnc1CCC(N)c1ccc(F)cc1. The third-order valence-electron chi connectivity index (χ3n) is 2.90. The maximum atomic E-state index is 12.8. The summed E-state index contributed by atoms with van der Waals surface area (Å²) in [7, 11) is 1.96. The van der Waals surface area contributed by atoms with Crippen molar-refractivity contribution in [3.8, 4) is 0 Å². The van der Waals surface area contributed by atoms with Crippen LogP contribution in [0.4, 0.5) is 4.39 Å². The third kappa shape index (κ3) is 2.91. The minimum absolute atomic E-state index is 0.0766. The highest BCUT2D eigenvalue weighted by atomic mass is 19.1. The van der Waals surface area contributed by atoms with Gasteiger partial charge in [0.1, 0.15) is 11.6 Å². The molecule has 0 spiro atoms. The van der Waals surface area contributed by atoms with Crippen LogP contribution in [0.25, 0.3) is 0 Å². The molecule has 0 aliphatic rings. The van der Waals surface area contributed by atoms with Gasteiger partial charge in [0, 0.05) is 31.9 Å². The number of aromatic nitrogens is 2. The first-order valence-electron chi connectivity index (χ1n) is 5.64. The average molecular weight is 233 g/mol. The first-order valence-corrected chi connectivity index (χ1v) is 5.64. The molecule has 2 N–H and O–H groups in total. The Hall–Kier alpha value is -1.68. The number of nitrogens with two attached hydrogens (primary N) is 1. The van der Waals surface area contributed by atoms with E-state index in [2.05, 4.69) is 4.98 Å². The number of imidazole rings is 1. The highest BCUT2D eigenvalue weighted by Gasteiger charge is 2.08. The molecule has 4 heteroatoms. The van der Waals surface area contributed by atoms with Crippen molar-refractivity contribution in [2.45, 2.75) is 18.9 Å². The van der Waals surface area contributed by atoms with Gasteiger partial charge in [0.25, 0.3) is 0 Å². The topological polar surface area (TPSA) is 43.8 Å². The lowest BCUT2D eigenvalue weighted by molar-refractivity contribution is 0.609. The molecule has 0 amide bonds. The minimum atomic E-state index is -0.231. The fraction of sp³-hybridized carbons (Fsp3) is 0.308.